The highest BCUT2D eigenvalue weighted by atomic mass is 16.5. The van der Waals surface area contributed by atoms with E-state index in [0.717, 1.165) is 16.7 Å². The van der Waals surface area contributed by atoms with Gasteiger partial charge in [0, 0.05) is 23.4 Å². The topological polar surface area (TPSA) is 109 Å². The molecule has 3 heterocycles. The normalized spacial score (nSPS) is 11.3. The van der Waals surface area contributed by atoms with E-state index < -0.39 is 5.91 Å². The highest BCUT2D eigenvalue weighted by Gasteiger charge is 2.04. The highest BCUT2D eigenvalue weighted by Crippen LogP contribution is 2.13. The number of nitrogens with one attached hydrogen (secondary N) is 2. The average Bonchev–Trinajstić information content (AvgIpc) is 3.10. The summed E-state index contributed by atoms with van der Waals surface area (Å²) in [5, 5.41) is 17.3. The molecule has 0 aliphatic heterocycles. The van der Waals surface area contributed by atoms with Crippen LogP contribution in [0.25, 0.3) is 17.1 Å². The van der Waals surface area contributed by atoms with Crippen LogP contribution in [0.2, 0.25) is 0 Å². The zero-order valence-corrected chi connectivity index (χ0v) is 10.9. The summed E-state index contributed by atoms with van der Waals surface area (Å²) >= 11 is 0. The summed E-state index contributed by atoms with van der Waals surface area (Å²) in [5.41, 5.74) is 3.81. The second kappa shape index (κ2) is 5.55. The summed E-state index contributed by atoms with van der Waals surface area (Å²) in [6.45, 7) is 0.517. The predicted octanol–water partition coefficient (Wildman–Crippen LogP) is 0.721. The van der Waals surface area contributed by atoms with Crippen molar-refractivity contribution in [3.8, 4) is 0 Å². The van der Waals surface area contributed by atoms with Crippen LogP contribution in [0.1, 0.15) is 11.4 Å². The van der Waals surface area contributed by atoms with Crippen LogP contribution in [-0.2, 0) is 11.3 Å². The number of pyridine rings is 1. The lowest BCUT2D eigenvalue weighted by atomic mass is 10.3. The average molecular weight is 284 g/mol. The number of fused-ring (bicyclic) bond motifs is 1. The molecule has 3 aromatic heterocycles. The van der Waals surface area contributed by atoms with Crippen LogP contribution in [0.15, 0.2) is 36.7 Å². The molecule has 0 fully saturated rings. The van der Waals surface area contributed by atoms with Crippen LogP contribution in [0.3, 0.4) is 0 Å². The van der Waals surface area contributed by atoms with E-state index >= 15 is 0 Å². The maximum Gasteiger partial charge on any atom is 0.267 e. The van der Waals surface area contributed by atoms with Gasteiger partial charge in [-0.05, 0) is 24.3 Å². The van der Waals surface area contributed by atoms with Crippen molar-refractivity contribution in [2.24, 2.45) is 0 Å². The van der Waals surface area contributed by atoms with Gasteiger partial charge in [-0.1, -0.05) is 5.21 Å². The Morgan fingerprint density at radius 2 is 2.43 bits per heavy atom. The standard InChI is InChI=1S/C13H12N6O2/c20-12(17-21)4-3-10-7-19(18-16-10)8-11-6-9-2-1-5-14-13(9)15-11/h1-7,21H,8H2,(H,14,15)(H,17,20). The Morgan fingerprint density at radius 1 is 1.52 bits per heavy atom. The van der Waals surface area contributed by atoms with Gasteiger partial charge < -0.3 is 4.98 Å². The van der Waals surface area contributed by atoms with Crippen molar-refractivity contribution >= 4 is 23.0 Å². The van der Waals surface area contributed by atoms with Crippen LogP contribution < -0.4 is 5.48 Å². The van der Waals surface area contributed by atoms with E-state index in [9.17, 15) is 4.79 Å². The van der Waals surface area contributed by atoms with Gasteiger partial charge in [0.15, 0.2) is 0 Å². The van der Waals surface area contributed by atoms with Gasteiger partial charge >= 0.3 is 0 Å². The van der Waals surface area contributed by atoms with Crippen molar-refractivity contribution < 1.29 is 10.0 Å². The van der Waals surface area contributed by atoms with Gasteiger partial charge in [0.05, 0.1) is 12.7 Å². The maximum absolute atomic E-state index is 10.9. The zero-order chi connectivity index (χ0) is 14.7. The number of rotatable bonds is 4. The first-order valence-corrected chi connectivity index (χ1v) is 6.19. The molecule has 3 N–H and O–H groups in total. The molecule has 21 heavy (non-hydrogen) atoms. The smallest absolute Gasteiger partial charge is 0.267 e. The third-order valence-electron chi connectivity index (χ3n) is 2.85. The summed E-state index contributed by atoms with van der Waals surface area (Å²) in [5.74, 6) is -0.619. The number of aromatic amines is 1. The largest absolute Gasteiger partial charge is 0.342 e. The van der Waals surface area contributed by atoms with Crippen LogP contribution >= 0.6 is 0 Å². The Kier molecular flexibility index (Phi) is 3.44. The summed E-state index contributed by atoms with van der Waals surface area (Å²) < 4.78 is 1.64. The molecule has 3 rings (SSSR count). The molecule has 0 unspecified atom stereocenters. The van der Waals surface area contributed by atoms with Gasteiger partial charge in [-0.2, -0.15) is 0 Å². The van der Waals surface area contributed by atoms with Gasteiger partial charge in [0.2, 0.25) is 0 Å². The van der Waals surface area contributed by atoms with Gasteiger partial charge in [0.25, 0.3) is 5.91 Å². The second-order valence-electron chi connectivity index (χ2n) is 4.39. The number of hydroxylamine groups is 1. The zero-order valence-electron chi connectivity index (χ0n) is 10.9. The van der Waals surface area contributed by atoms with Crippen LogP contribution in [0.4, 0.5) is 0 Å². The van der Waals surface area contributed by atoms with Gasteiger partial charge in [0.1, 0.15) is 11.3 Å². The summed E-state index contributed by atoms with van der Waals surface area (Å²) in [6, 6.07) is 5.86. The van der Waals surface area contributed by atoms with E-state index in [1.807, 2.05) is 18.2 Å². The molecule has 0 aliphatic carbocycles. The number of carbonyl (C=O) groups is 1. The lowest BCUT2D eigenvalue weighted by Crippen LogP contribution is -2.14. The Morgan fingerprint density at radius 3 is 3.24 bits per heavy atom. The number of H-pyrrole nitrogens is 1. The van der Waals surface area contributed by atoms with E-state index in [0.29, 0.717) is 12.2 Å². The molecule has 8 nitrogen and oxygen atoms in total. The Bertz CT molecular complexity index is 771. The van der Waals surface area contributed by atoms with E-state index in [2.05, 4.69) is 20.3 Å². The quantitative estimate of drug-likeness (QED) is 0.371. The number of nitrogens with zero attached hydrogens (tertiary/aromatic N) is 4. The Labute approximate surface area is 119 Å². The van der Waals surface area contributed by atoms with Crippen LogP contribution in [0, 0.1) is 0 Å². The minimum Gasteiger partial charge on any atom is -0.342 e. The molecule has 106 valence electrons. The van der Waals surface area contributed by atoms with Crippen molar-refractivity contribution in [3.05, 3.63) is 48.1 Å². The molecule has 0 atom stereocenters. The fraction of sp³-hybridized carbons (Fsp3) is 0.0769. The monoisotopic (exact) mass is 284 g/mol. The molecule has 0 bridgehead atoms. The summed E-state index contributed by atoms with van der Waals surface area (Å²) in [6.07, 6.45) is 6.05. The van der Waals surface area contributed by atoms with Crippen molar-refractivity contribution in [2.45, 2.75) is 6.54 Å². The van der Waals surface area contributed by atoms with Crippen LogP contribution in [0.5, 0.6) is 0 Å². The van der Waals surface area contributed by atoms with Gasteiger partial charge in [-0.3, -0.25) is 10.0 Å². The number of hydrogen-bond donors (Lipinski definition) is 3. The minimum atomic E-state index is -0.619. The molecule has 0 saturated heterocycles. The third kappa shape index (κ3) is 2.95. The number of aromatic nitrogens is 5. The van der Waals surface area contributed by atoms with Crippen molar-refractivity contribution in [1.82, 2.24) is 30.4 Å². The van der Waals surface area contributed by atoms with Crippen LogP contribution in [-0.4, -0.2) is 36.1 Å². The highest BCUT2D eigenvalue weighted by molar-refractivity contribution is 5.90. The van der Waals surface area contributed by atoms with E-state index in [4.69, 9.17) is 5.21 Å². The van der Waals surface area contributed by atoms with E-state index in [1.165, 1.54) is 17.6 Å². The van der Waals surface area contributed by atoms with E-state index in [-0.39, 0.29) is 0 Å². The molecule has 0 aliphatic rings. The maximum atomic E-state index is 10.9. The van der Waals surface area contributed by atoms with Crippen molar-refractivity contribution in [3.63, 3.8) is 0 Å². The minimum absolute atomic E-state index is 0.517. The molecule has 0 saturated carbocycles. The summed E-state index contributed by atoms with van der Waals surface area (Å²) in [4.78, 5) is 18.3. The first kappa shape index (κ1) is 13.0. The first-order valence-electron chi connectivity index (χ1n) is 6.19. The fourth-order valence-corrected chi connectivity index (χ4v) is 1.94. The third-order valence-corrected chi connectivity index (χ3v) is 2.85. The molecule has 0 radical (unpaired) electrons. The van der Waals surface area contributed by atoms with Gasteiger partial charge in [-0.25, -0.2) is 15.1 Å². The predicted molar refractivity (Wildman–Crippen MR) is 74.2 cm³/mol. The molecule has 0 spiro atoms. The molecule has 8 heteroatoms. The Balaban J connectivity index is 1.74. The SMILES string of the molecule is O=C(C=Cc1cn(Cc2cc3cccnc3[nH]2)nn1)NO. The lowest BCUT2D eigenvalue weighted by molar-refractivity contribution is -0.124. The lowest BCUT2D eigenvalue weighted by Gasteiger charge is -1.95. The number of amides is 1. The van der Waals surface area contributed by atoms with Crippen molar-refractivity contribution in [1.29, 1.82) is 0 Å². The molecule has 3 aromatic rings. The summed E-state index contributed by atoms with van der Waals surface area (Å²) in [7, 11) is 0. The van der Waals surface area contributed by atoms with Gasteiger partial charge in [-0.15, -0.1) is 5.10 Å². The molecular formula is C13H12N6O2. The van der Waals surface area contributed by atoms with Crippen molar-refractivity contribution in [2.75, 3.05) is 0 Å². The Hall–Kier alpha value is -3.00. The number of hydrogen-bond acceptors (Lipinski definition) is 5. The first-order chi connectivity index (χ1) is 10.2. The molecule has 0 aromatic carbocycles. The molecule has 1 amide bonds. The fourth-order valence-electron chi connectivity index (χ4n) is 1.94. The van der Waals surface area contributed by atoms with E-state index in [1.54, 1.807) is 17.1 Å². The second-order valence-corrected chi connectivity index (χ2v) is 4.39. The molecular weight excluding hydrogens is 272 g/mol. The number of carbonyl (C=O) groups excluding carboxylic acids is 1.